The first kappa shape index (κ1) is 40.3. The molecule has 0 saturated carbocycles. The molecule has 292 valence electrons. The Morgan fingerprint density at radius 1 is 0.560 bits per heavy atom. The van der Waals surface area contributed by atoms with Crippen LogP contribution in [0.3, 0.4) is 0 Å². The van der Waals surface area contributed by atoms with Crippen LogP contribution in [0.2, 0.25) is 0 Å². The lowest BCUT2D eigenvalue weighted by molar-refractivity contribution is -0.387. The Kier molecular flexibility index (Phi) is 13.1. The van der Waals surface area contributed by atoms with Crippen LogP contribution in [-0.4, -0.2) is 228 Å². The van der Waals surface area contributed by atoms with Gasteiger partial charge in [-0.25, -0.2) is 0 Å². The van der Waals surface area contributed by atoms with Crippen molar-refractivity contribution >= 4 is 0 Å². The monoisotopic (exact) mass is 736 g/mol. The molecule has 0 unspecified atom stereocenters. The molecule has 0 aromatic carbocycles. The van der Waals surface area contributed by atoms with Crippen molar-refractivity contribution in [2.75, 3.05) is 26.4 Å². The molecule has 0 amide bonds. The number of aliphatic hydroxyl groups excluding tert-OH is 12. The van der Waals surface area contributed by atoms with Crippen molar-refractivity contribution in [1.29, 1.82) is 0 Å². The topological polar surface area (TPSA) is 346 Å². The summed E-state index contributed by atoms with van der Waals surface area (Å²) in [5, 5.41) is 135. The third-order valence-electron chi connectivity index (χ3n) is 9.60. The zero-order valence-electron chi connectivity index (χ0n) is 26.9. The highest BCUT2D eigenvalue weighted by atomic mass is 16.8. The van der Waals surface area contributed by atoms with Gasteiger partial charge in [-0.2, -0.15) is 0 Å². The van der Waals surface area contributed by atoms with Gasteiger partial charge in [0.2, 0.25) is 0 Å². The number of rotatable bonds is 10. The van der Waals surface area contributed by atoms with Gasteiger partial charge in [0.25, 0.3) is 0 Å². The Morgan fingerprint density at radius 3 is 1.82 bits per heavy atom. The van der Waals surface area contributed by atoms with Gasteiger partial charge in [-0.05, 0) is 13.8 Å². The fourth-order valence-corrected chi connectivity index (χ4v) is 6.34. The molecule has 22 heteroatoms. The molecule has 0 aromatic heterocycles. The first-order valence-corrected chi connectivity index (χ1v) is 16.1. The van der Waals surface area contributed by atoms with Gasteiger partial charge >= 0.3 is 0 Å². The van der Waals surface area contributed by atoms with Gasteiger partial charge in [-0.3, -0.25) is 0 Å². The molecule has 5 rings (SSSR count). The Hall–Kier alpha value is -0.880. The number of ether oxygens (including phenoxy) is 9. The van der Waals surface area contributed by atoms with Crippen LogP contribution in [0.15, 0.2) is 0 Å². The van der Waals surface area contributed by atoms with E-state index in [1.807, 2.05) is 0 Å². The summed E-state index contributed by atoms with van der Waals surface area (Å²) < 4.78 is 50.0. The highest BCUT2D eigenvalue weighted by Gasteiger charge is 2.56. The van der Waals surface area contributed by atoms with Crippen LogP contribution in [0.25, 0.3) is 0 Å². The van der Waals surface area contributed by atoms with Gasteiger partial charge < -0.3 is 109 Å². The molecule has 0 aromatic rings. The van der Waals surface area contributed by atoms with E-state index in [2.05, 4.69) is 0 Å². The standard InChI is InChI=1S/C28H48O22/c1-7-11(31)15(35)21(23(40)44-7)50-26-18(38)20(49-27-22(39)28(41,5-30)6-43-27)19(8(2)45-26)48-24-16(36)13(33)10(4-42-24)47-25-17(37)14(34)12(32)9(3-29)46-25/h7-27,29-41H,3-6H2,1-2H3/t7-,8+,9-,10-,11+,12+,13+,14+,15+,16-,17-,18-,19+,20+,21-,22+,23-,24+,25+,26+,27+,28-/m1/s1. The molecule has 5 fully saturated rings. The molecule has 22 atom stereocenters. The summed E-state index contributed by atoms with van der Waals surface area (Å²) in [6.45, 7) is 0.0423. The summed E-state index contributed by atoms with van der Waals surface area (Å²) in [4.78, 5) is 0. The van der Waals surface area contributed by atoms with E-state index in [0.717, 1.165) is 0 Å². The van der Waals surface area contributed by atoms with E-state index >= 15 is 0 Å². The van der Waals surface area contributed by atoms with Crippen molar-refractivity contribution in [1.82, 2.24) is 0 Å². The minimum absolute atomic E-state index is 0.522. The molecule has 5 saturated heterocycles. The predicted molar refractivity (Wildman–Crippen MR) is 152 cm³/mol. The molecule has 0 aliphatic carbocycles. The second-order valence-corrected chi connectivity index (χ2v) is 13.2. The van der Waals surface area contributed by atoms with E-state index in [9.17, 15) is 66.4 Å². The minimum atomic E-state index is -2.14. The van der Waals surface area contributed by atoms with Gasteiger partial charge in [-0.15, -0.1) is 0 Å². The highest BCUT2D eigenvalue weighted by Crippen LogP contribution is 2.36. The van der Waals surface area contributed by atoms with E-state index in [1.165, 1.54) is 13.8 Å². The average Bonchev–Trinajstić information content (AvgIpc) is 3.37. The van der Waals surface area contributed by atoms with Gasteiger partial charge in [0.05, 0.1) is 38.6 Å². The molecule has 22 nitrogen and oxygen atoms in total. The summed E-state index contributed by atoms with van der Waals surface area (Å²) in [6, 6.07) is 0. The maximum absolute atomic E-state index is 11.4. The van der Waals surface area contributed by atoms with Gasteiger partial charge in [-0.1, -0.05) is 0 Å². The average molecular weight is 737 g/mol. The van der Waals surface area contributed by atoms with Crippen LogP contribution >= 0.6 is 0 Å². The maximum Gasteiger partial charge on any atom is 0.187 e. The normalized spacial score (nSPS) is 54.9. The fraction of sp³-hybridized carbons (Fsp3) is 1.00. The lowest BCUT2D eigenvalue weighted by Crippen LogP contribution is -2.66. The first-order valence-electron chi connectivity index (χ1n) is 16.1. The molecule has 5 aliphatic rings. The van der Waals surface area contributed by atoms with Crippen molar-refractivity contribution in [3.8, 4) is 0 Å². The quantitative estimate of drug-likeness (QED) is 0.0990. The Labute approximate surface area is 284 Å². The molecular formula is C28H48O22. The first-order chi connectivity index (χ1) is 23.5. The predicted octanol–water partition coefficient (Wildman–Crippen LogP) is -8.59. The van der Waals surface area contributed by atoms with Gasteiger partial charge in [0.1, 0.15) is 91.1 Å². The van der Waals surface area contributed by atoms with Crippen LogP contribution in [0.1, 0.15) is 13.8 Å². The summed E-state index contributed by atoms with van der Waals surface area (Å²) in [6.07, 6.45) is -34.1. The second-order valence-electron chi connectivity index (χ2n) is 13.2. The van der Waals surface area contributed by atoms with Gasteiger partial charge in [0.15, 0.2) is 31.5 Å². The number of hydrogen-bond donors (Lipinski definition) is 13. The fourth-order valence-electron chi connectivity index (χ4n) is 6.34. The zero-order chi connectivity index (χ0) is 36.8. The molecule has 0 spiro atoms. The van der Waals surface area contributed by atoms with E-state index in [-0.39, 0.29) is 0 Å². The highest BCUT2D eigenvalue weighted by molar-refractivity contribution is 4.98. The van der Waals surface area contributed by atoms with Crippen molar-refractivity contribution in [2.45, 2.75) is 149 Å². The third-order valence-corrected chi connectivity index (χ3v) is 9.60. The smallest absolute Gasteiger partial charge is 0.187 e. The van der Waals surface area contributed by atoms with Crippen LogP contribution in [0.4, 0.5) is 0 Å². The van der Waals surface area contributed by atoms with E-state index in [1.54, 1.807) is 0 Å². The number of hydrogen-bond acceptors (Lipinski definition) is 22. The summed E-state index contributed by atoms with van der Waals surface area (Å²) >= 11 is 0. The zero-order valence-corrected chi connectivity index (χ0v) is 26.9. The molecule has 13 N–H and O–H groups in total. The second kappa shape index (κ2) is 16.2. The van der Waals surface area contributed by atoms with E-state index in [0.29, 0.717) is 0 Å². The van der Waals surface area contributed by atoms with Crippen molar-refractivity contribution in [3.05, 3.63) is 0 Å². The molecule has 5 heterocycles. The van der Waals surface area contributed by atoms with Crippen LogP contribution in [-0.2, 0) is 42.6 Å². The lowest BCUT2D eigenvalue weighted by Gasteiger charge is -2.48. The largest absolute Gasteiger partial charge is 0.394 e. The molecular weight excluding hydrogens is 688 g/mol. The molecule has 50 heavy (non-hydrogen) atoms. The summed E-state index contributed by atoms with van der Waals surface area (Å²) in [7, 11) is 0. The molecule has 0 bridgehead atoms. The number of aliphatic hydroxyl groups is 13. The minimum Gasteiger partial charge on any atom is -0.394 e. The summed E-state index contributed by atoms with van der Waals surface area (Å²) in [5.41, 5.74) is -2.14. The lowest BCUT2D eigenvalue weighted by atomic mass is 9.96. The van der Waals surface area contributed by atoms with Crippen LogP contribution in [0, 0.1) is 0 Å². The SMILES string of the molecule is C[C@@H]1O[C@@H](O[C@@H]2[C@@H](O)[C@@H](O)[C@@H](C)O[C@H]2O)[C@H](O)[C@H](O[C@@H]2OC[C@](O)(CO)[C@H]2O)[C@H]1O[C@@H]1OC[C@@H](O[C@@H]2O[C@H](CO)[C@H](O)[C@H](O)[C@H]2O)[C@H](O)[C@H]1O. The Balaban J connectivity index is 1.30. The van der Waals surface area contributed by atoms with E-state index in [4.69, 9.17) is 42.6 Å². The maximum atomic E-state index is 11.4. The molecule has 5 aliphatic heterocycles. The van der Waals surface area contributed by atoms with Crippen molar-refractivity contribution in [3.63, 3.8) is 0 Å². The van der Waals surface area contributed by atoms with Crippen LogP contribution < -0.4 is 0 Å². The Bertz CT molecular complexity index is 1090. The molecule has 0 radical (unpaired) electrons. The summed E-state index contributed by atoms with van der Waals surface area (Å²) in [5.74, 6) is 0. The third kappa shape index (κ3) is 7.83. The van der Waals surface area contributed by atoms with Crippen molar-refractivity contribution < 1.29 is 109 Å². The van der Waals surface area contributed by atoms with Gasteiger partial charge in [0, 0.05) is 0 Å². The van der Waals surface area contributed by atoms with E-state index < -0.39 is 161 Å². The Morgan fingerprint density at radius 2 is 1.18 bits per heavy atom. The van der Waals surface area contributed by atoms with Crippen molar-refractivity contribution in [2.24, 2.45) is 0 Å². The van der Waals surface area contributed by atoms with Crippen LogP contribution in [0.5, 0.6) is 0 Å².